The van der Waals surface area contributed by atoms with Crippen molar-refractivity contribution in [2.75, 3.05) is 13.1 Å². The van der Waals surface area contributed by atoms with E-state index in [1.807, 2.05) is 0 Å². The fraction of sp³-hybridized carbons (Fsp3) is 0.615. The summed E-state index contributed by atoms with van der Waals surface area (Å²) in [7, 11) is 0. The van der Waals surface area contributed by atoms with E-state index in [1.54, 1.807) is 0 Å². The molecule has 0 saturated carbocycles. The molecule has 3 N–H and O–H groups in total. The average molecular weight is 282 g/mol. The number of carboxylic acids is 1. The summed E-state index contributed by atoms with van der Waals surface area (Å²) in [6.07, 6.45) is 1.20. The van der Waals surface area contributed by atoms with E-state index in [0.717, 1.165) is 0 Å². The molecule has 0 saturated heterocycles. The van der Waals surface area contributed by atoms with Crippen LogP contribution in [0.25, 0.3) is 0 Å². The van der Waals surface area contributed by atoms with E-state index in [2.05, 4.69) is 47.9 Å². The number of amides is 1. The van der Waals surface area contributed by atoms with Gasteiger partial charge in [0.25, 0.3) is 5.91 Å². The van der Waals surface area contributed by atoms with Crippen molar-refractivity contribution in [1.82, 2.24) is 20.2 Å². The number of H-pyrrole nitrogens is 1. The molecular weight excluding hydrogens is 260 g/mol. The highest BCUT2D eigenvalue weighted by molar-refractivity contribution is 6.02. The van der Waals surface area contributed by atoms with Crippen molar-refractivity contribution in [2.45, 2.75) is 39.8 Å². The number of rotatable bonds is 7. The molecular formula is C13H22N4O3. The van der Waals surface area contributed by atoms with Crippen LogP contribution in [0.3, 0.4) is 0 Å². The Kier molecular flexibility index (Phi) is 5.69. The molecule has 0 unspecified atom stereocenters. The van der Waals surface area contributed by atoms with Crippen molar-refractivity contribution in [3.63, 3.8) is 0 Å². The maximum absolute atomic E-state index is 11.9. The molecule has 0 atom stereocenters. The van der Waals surface area contributed by atoms with Crippen LogP contribution in [0.5, 0.6) is 0 Å². The smallest absolute Gasteiger partial charge is 0.354 e. The predicted octanol–water partition coefficient (Wildman–Crippen LogP) is 0.956. The fourth-order valence-corrected chi connectivity index (χ4v) is 2.12. The molecule has 1 rings (SSSR count). The third-order valence-corrected chi connectivity index (χ3v) is 3.05. The zero-order valence-electron chi connectivity index (χ0n) is 12.3. The lowest BCUT2D eigenvalue weighted by Gasteiger charge is -2.30. The van der Waals surface area contributed by atoms with Crippen LogP contribution in [0.1, 0.15) is 48.7 Å². The van der Waals surface area contributed by atoms with E-state index >= 15 is 0 Å². The van der Waals surface area contributed by atoms with Crippen LogP contribution in [0, 0.1) is 0 Å². The molecule has 0 radical (unpaired) electrons. The Hall–Kier alpha value is -1.89. The van der Waals surface area contributed by atoms with Crippen LogP contribution in [-0.2, 0) is 0 Å². The van der Waals surface area contributed by atoms with Gasteiger partial charge in [0.05, 0.1) is 6.33 Å². The summed E-state index contributed by atoms with van der Waals surface area (Å²) in [6.45, 7) is 9.53. The number of carboxylic acid groups (broad SMARTS) is 1. The summed E-state index contributed by atoms with van der Waals surface area (Å²) in [5.41, 5.74) is -0.273. The average Bonchev–Trinajstić information content (AvgIpc) is 2.82. The molecule has 7 heteroatoms. The van der Waals surface area contributed by atoms with Gasteiger partial charge in [-0.2, -0.15) is 0 Å². The van der Waals surface area contributed by atoms with E-state index in [1.165, 1.54) is 6.33 Å². The van der Waals surface area contributed by atoms with Gasteiger partial charge in [0, 0.05) is 25.2 Å². The second-order valence-electron chi connectivity index (χ2n) is 5.11. The van der Waals surface area contributed by atoms with Crippen LogP contribution >= 0.6 is 0 Å². The van der Waals surface area contributed by atoms with Gasteiger partial charge in [-0.15, -0.1) is 0 Å². The molecule has 0 bridgehead atoms. The maximum Gasteiger partial charge on any atom is 0.354 e. The zero-order valence-corrected chi connectivity index (χ0v) is 12.3. The number of carbonyl (C=O) groups is 2. The Morgan fingerprint density at radius 3 is 2.45 bits per heavy atom. The Morgan fingerprint density at radius 2 is 1.95 bits per heavy atom. The van der Waals surface area contributed by atoms with Gasteiger partial charge in [0.2, 0.25) is 0 Å². The summed E-state index contributed by atoms with van der Waals surface area (Å²) in [5.74, 6) is -1.67. The second kappa shape index (κ2) is 7.04. The Labute approximate surface area is 118 Å². The number of aromatic carboxylic acids is 1. The van der Waals surface area contributed by atoms with Crippen molar-refractivity contribution in [3.05, 3.63) is 17.7 Å². The molecule has 1 aromatic heterocycles. The molecule has 1 heterocycles. The van der Waals surface area contributed by atoms with Crippen molar-refractivity contribution >= 4 is 11.9 Å². The van der Waals surface area contributed by atoms with E-state index in [9.17, 15) is 9.59 Å². The monoisotopic (exact) mass is 282 g/mol. The molecule has 0 aliphatic heterocycles. The highest BCUT2D eigenvalue weighted by Gasteiger charge is 2.20. The highest BCUT2D eigenvalue weighted by Crippen LogP contribution is 2.04. The van der Waals surface area contributed by atoms with Crippen molar-refractivity contribution in [3.8, 4) is 0 Å². The number of aromatic nitrogens is 2. The largest absolute Gasteiger partial charge is 0.477 e. The normalized spacial score (nSPS) is 11.3. The lowest BCUT2D eigenvalue weighted by Crippen LogP contribution is -2.42. The minimum absolute atomic E-state index is 0.0851. The SMILES string of the molecule is CC(C)N(CCNC(=O)c1nc[nH]c1C(=O)O)C(C)C. The van der Waals surface area contributed by atoms with Crippen LogP contribution in [0.2, 0.25) is 0 Å². The summed E-state index contributed by atoms with van der Waals surface area (Å²) in [4.78, 5) is 31.2. The van der Waals surface area contributed by atoms with Gasteiger partial charge in [0.1, 0.15) is 0 Å². The maximum atomic E-state index is 11.9. The van der Waals surface area contributed by atoms with Gasteiger partial charge in [-0.25, -0.2) is 9.78 Å². The molecule has 1 aromatic rings. The predicted molar refractivity (Wildman–Crippen MR) is 74.9 cm³/mol. The second-order valence-corrected chi connectivity index (χ2v) is 5.11. The minimum Gasteiger partial charge on any atom is -0.477 e. The Bertz CT molecular complexity index is 460. The molecule has 0 aliphatic carbocycles. The van der Waals surface area contributed by atoms with E-state index < -0.39 is 11.9 Å². The number of nitrogens with zero attached hydrogens (tertiary/aromatic N) is 2. The highest BCUT2D eigenvalue weighted by atomic mass is 16.4. The zero-order chi connectivity index (χ0) is 15.3. The lowest BCUT2D eigenvalue weighted by atomic mass is 10.2. The number of imidazole rings is 1. The molecule has 0 fully saturated rings. The summed E-state index contributed by atoms with van der Waals surface area (Å²) >= 11 is 0. The van der Waals surface area contributed by atoms with Gasteiger partial charge in [-0.3, -0.25) is 9.69 Å². The first-order chi connectivity index (χ1) is 9.34. The molecule has 1 amide bonds. The van der Waals surface area contributed by atoms with E-state index in [0.29, 0.717) is 25.2 Å². The summed E-state index contributed by atoms with van der Waals surface area (Å²) < 4.78 is 0. The third kappa shape index (κ3) is 4.06. The quantitative estimate of drug-likeness (QED) is 0.692. The number of aromatic amines is 1. The number of nitrogens with one attached hydrogen (secondary N) is 2. The lowest BCUT2D eigenvalue weighted by molar-refractivity contribution is 0.0684. The van der Waals surface area contributed by atoms with Gasteiger partial charge in [-0.05, 0) is 27.7 Å². The van der Waals surface area contributed by atoms with Gasteiger partial charge < -0.3 is 15.4 Å². The number of carbonyl (C=O) groups excluding carboxylic acids is 1. The molecule has 112 valence electrons. The molecule has 0 aromatic carbocycles. The van der Waals surface area contributed by atoms with Gasteiger partial charge in [-0.1, -0.05) is 0 Å². The summed E-state index contributed by atoms with van der Waals surface area (Å²) in [6, 6.07) is 0.763. The van der Waals surface area contributed by atoms with Crippen LogP contribution < -0.4 is 5.32 Å². The van der Waals surface area contributed by atoms with Crippen LogP contribution in [0.15, 0.2) is 6.33 Å². The third-order valence-electron chi connectivity index (χ3n) is 3.05. The fourth-order valence-electron chi connectivity index (χ4n) is 2.12. The Balaban J connectivity index is 2.55. The standard InChI is InChI=1S/C13H22N4O3/c1-8(2)17(9(3)4)6-5-14-12(18)10-11(13(19)20)16-7-15-10/h7-9H,5-6H2,1-4H3,(H,14,18)(H,15,16)(H,19,20). The molecule has 0 spiro atoms. The molecule has 7 nitrogen and oxygen atoms in total. The van der Waals surface area contributed by atoms with Crippen LogP contribution in [-0.4, -0.2) is 57.0 Å². The van der Waals surface area contributed by atoms with Gasteiger partial charge in [0.15, 0.2) is 11.4 Å². The van der Waals surface area contributed by atoms with Crippen molar-refractivity contribution < 1.29 is 14.7 Å². The van der Waals surface area contributed by atoms with Crippen molar-refractivity contribution in [1.29, 1.82) is 0 Å². The molecule has 20 heavy (non-hydrogen) atoms. The van der Waals surface area contributed by atoms with Gasteiger partial charge >= 0.3 is 5.97 Å². The number of hydrogen-bond donors (Lipinski definition) is 3. The minimum atomic E-state index is -1.20. The van der Waals surface area contributed by atoms with Crippen molar-refractivity contribution in [2.24, 2.45) is 0 Å². The van der Waals surface area contributed by atoms with Crippen LogP contribution in [0.4, 0.5) is 0 Å². The van der Waals surface area contributed by atoms with E-state index in [-0.39, 0.29) is 11.4 Å². The number of hydrogen-bond acceptors (Lipinski definition) is 4. The first-order valence-corrected chi connectivity index (χ1v) is 6.65. The Morgan fingerprint density at radius 1 is 1.35 bits per heavy atom. The summed E-state index contributed by atoms with van der Waals surface area (Å²) in [5, 5.41) is 11.6. The van der Waals surface area contributed by atoms with E-state index in [4.69, 9.17) is 5.11 Å². The topological polar surface area (TPSA) is 98.3 Å². The molecule has 0 aliphatic rings. The first kappa shape index (κ1) is 16.2. The first-order valence-electron chi connectivity index (χ1n) is 6.65.